The molecule has 0 saturated carbocycles. The van der Waals surface area contributed by atoms with E-state index in [1.165, 1.54) is 23.1 Å². The molecule has 2 aromatic heterocycles. The third-order valence-corrected chi connectivity index (χ3v) is 5.59. The Kier molecular flexibility index (Phi) is 4.85. The number of oxazole rings is 1. The summed E-state index contributed by atoms with van der Waals surface area (Å²) in [6, 6.07) is 9.47. The molecule has 0 N–H and O–H groups in total. The fourth-order valence-electron chi connectivity index (χ4n) is 3.94. The second-order valence-corrected chi connectivity index (χ2v) is 7.55. The normalized spacial score (nSPS) is 15.8. The number of halogens is 1. The number of carbonyl (C=O) groups excluding carboxylic acids is 2. The summed E-state index contributed by atoms with van der Waals surface area (Å²) in [4.78, 5) is 39.3. The zero-order chi connectivity index (χ0) is 21.4. The molecule has 0 radical (unpaired) electrons. The van der Waals surface area contributed by atoms with E-state index in [1.54, 1.807) is 23.4 Å². The highest BCUT2D eigenvalue weighted by molar-refractivity contribution is 5.94. The molecule has 0 unspecified atom stereocenters. The molecule has 9 heteroatoms. The first-order valence-corrected chi connectivity index (χ1v) is 10.1. The molecule has 1 fully saturated rings. The largest absolute Gasteiger partial charge is 0.435 e. The van der Waals surface area contributed by atoms with E-state index in [9.17, 15) is 14.0 Å². The number of hydrogen-bond acceptors (Lipinski definition) is 6. The molecule has 4 heterocycles. The van der Waals surface area contributed by atoms with Crippen LogP contribution in [0.25, 0.3) is 0 Å². The van der Waals surface area contributed by atoms with Gasteiger partial charge in [-0.15, -0.1) is 0 Å². The van der Waals surface area contributed by atoms with Crippen LogP contribution in [0.1, 0.15) is 32.5 Å². The molecule has 0 spiro atoms. The Bertz CT molecular complexity index is 1100. The number of pyridine rings is 1. The number of anilines is 1. The minimum atomic E-state index is -0.461. The van der Waals surface area contributed by atoms with Gasteiger partial charge in [0.15, 0.2) is 0 Å². The minimum absolute atomic E-state index is 0.0558. The predicted molar refractivity (Wildman–Crippen MR) is 109 cm³/mol. The molecule has 158 valence electrons. The summed E-state index contributed by atoms with van der Waals surface area (Å²) in [7, 11) is 0. The van der Waals surface area contributed by atoms with E-state index >= 15 is 0 Å². The highest BCUT2D eigenvalue weighted by Gasteiger charge is 2.33. The lowest BCUT2D eigenvalue weighted by Gasteiger charge is -2.35. The summed E-state index contributed by atoms with van der Waals surface area (Å²) in [6.07, 6.45) is 3.51. The van der Waals surface area contributed by atoms with Crippen molar-refractivity contribution in [1.82, 2.24) is 19.8 Å². The zero-order valence-electron chi connectivity index (χ0n) is 16.7. The molecule has 1 aromatic carbocycles. The van der Waals surface area contributed by atoms with Gasteiger partial charge in [0.05, 0.1) is 13.1 Å². The van der Waals surface area contributed by atoms with Crippen molar-refractivity contribution < 1.29 is 18.4 Å². The van der Waals surface area contributed by atoms with Crippen molar-refractivity contribution in [2.45, 2.75) is 13.1 Å². The van der Waals surface area contributed by atoms with E-state index in [-0.39, 0.29) is 36.4 Å². The Labute approximate surface area is 177 Å². The Morgan fingerprint density at radius 2 is 1.71 bits per heavy atom. The van der Waals surface area contributed by atoms with Gasteiger partial charge in [0.25, 0.3) is 11.8 Å². The number of amides is 2. The first-order valence-electron chi connectivity index (χ1n) is 10.1. The number of nitrogens with zero attached hydrogens (tertiary/aromatic N) is 5. The van der Waals surface area contributed by atoms with Gasteiger partial charge in [0.1, 0.15) is 17.3 Å². The van der Waals surface area contributed by atoms with Crippen LogP contribution in [0.4, 0.5) is 10.1 Å². The van der Waals surface area contributed by atoms with Crippen LogP contribution < -0.4 is 4.90 Å². The SMILES string of the molecule is O=C(c1cccc(F)c1)N1Cc2nc(C(=O)N3CCN(c4ccncc4)CC3)oc2C1. The number of benzene rings is 1. The highest BCUT2D eigenvalue weighted by atomic mass is 19.1. The van der Waals surface area contributed by atoms with Crippen molar-refractivity contribution in [2.24, 2.45) is 0 Å². The van der Waals surface area contributed by atoms with Gasteiger partial charge in [-0.2, -0.15) is 0 Å². The lowest BCUT2D eigenvalue weighted by atomic mass is 10.2. The van der Waals surface area contributed by atoms with E-state index in [0.29, 0.717) is 37.6 Å². The summed E-state index contributed by atoms with van der Waals surface area (Å²) in [5.74, 6) is -0.444. The minimum Gasteiger partial charge on any atom is -0.435 e. The standard InChI is InChI=1S/C22H20FN5O3/c23-16-3-1-2-15(12-16)21(29)28-13-18-19(14-28)31-20(25-18)22(30)27-10-8-26(9-11-27)17-4-6-24-7-5-17/h1-7,12H,8-11,13-14H2. The van der Waals surface area contributed by atoms with Crippen molar-refractivity contribution in [2.75, 3.05) is 31.1 Å². The second kappa shape index (κ2) is 7.82. The number of fused-ring (bicyclic) bond motifs is 1. The van der Waals surface area contributed by atoms with Crippen LogP contribution in [0.5, 0.6) is 0 Å². The van der Waals surface area contributed by atoms with Gasteiger partial charge in [-0.25, -0.2) is 9.37 Å². The monoisotopic (exact) mass is 421 g/mol. The second-order valence-electron chi connectivity index (χ2n) is 7.55. The Morgan fingerprint density at radius 1 is 0.935 bits per heavy atom. The van der Waals surface area contributed by atoms with Gasteiger partial charge in [-0.3, -0.25) is 14.6 Å². The van der Waals surface area contributed by atoms with Crippen LogP contribution in [0.3, 0.4) is 0 Å². The molecule has 0 bridgehead atoms. The van der Waals surface area contributed by atoms with E-state index in [1.807, 2.05) is 12.1 Å². The quantitative estimate of drug-likeness (QED) is 0.646. The van der Waals surface area contributed by atoms with Gasteiger partial charge >= 0.3 is 5.91 Å². The number of carbonyl (C=O) groups is 2. The third-order valence-electron chi connectivity index (χ3n) is 5.59. The van der Waals surface area contributed by atoms with Crippen LogP contribution >= 0.6 is 0 Å². The third kappa shape index (κ3) is 3.74. The van der Waals surface area contributed by atoms with E-state index in [2.05, 4.69) is 14.9 Å². The summed E-state index contributed by atoms with van der Waals surface area (Å²) in [5.41, 5.74) is 1.93. The summed E-state index contributed by atoms with van der Waals surface area (Å²) >= 11 is 0. The molecule has 3 aromatic rings. The van der Waals surface area contributed by atoms with Gasteiger partial charge in [-0.1, -0.05) is 6.07 Å². The molecule has 2 aliphatic heterocycles. The number of piperazine rings is 1. The lowest BCUT2D eigenvalue weighted by Crippen LogP contribution is -2.48. The smallest absolute Gasteiger partial charge is 0.309 e. The molecule has 31 heavy (non-hydrogen) atoms. The van der Waals surface area contributed by atoms with Gasteiger partial charge in [0, 0.05) is 49.8 Å². The fourth-order valence-corrected chi connectivity index (χ4v) is 3.94. The van der Waals surface area contributed by atoms with Crippen LogP contribution in [0.2, 0.25) is 0 Å². The van der Waals surface area contributed by atoms with Crippen molar-refractivity contribution in [3.8, 4) is 0 Å². The molecular formula is C22H20FN5O3. The number of hydrogen-bond donors (Lipinski definition) is 0. The average Bonchev–Trinajstić information content (AvgIpc) is 3.38. The van der Waals surface area contributed by atoms with E-state index in [4.69, 9.17) is 4.42 Å². The Hall–Kier alpha value is -3.75. The maximum absolute atomic E-state index is 13.4. The van der Waals surface area contributed by atoms with Crippen molar-refractivity contribution in [1.29, 1.82) is 0 Å². The maximum atomic E-state index is 13.4. The number of aromatic nitrogens is 2. The van der Waals surface area contributed by atoms with Gasteiger partial charge in [-0.05, 0) is 30.3 Å². The molecule has 5 rings (SSSR count). The van der Waals surface area contributed by atoms with E-state index < -0.39 is 5.82 Å². The molecule has 0 atom stereocenters. The van der Waals surface area contributed by atoms with Crippen LogP contribution in [-0.2, 0) is 13.1 Å². The number of rotatable bonds is 3. The van der Waals surface area contributed by atoms with E-state index in [0.717, 1.165) is 5.69 Å². The molecular weight excluding hydrogens is 401 g/mol. The summed E-state index contributed by atoms with van der Waals surface area (Å²) in [5, 5.41) is 0. The van der Waals surface area contributed by atoms with Crippen LogP contribution in [0.15, 0.2) is 53.2 Å². The first-order chi connectivity index (χ1) is 15.1. The zero-order valence-corrected chi connectivity index (χ0v) is 16.7. The lowest BCUT2D eigenvalue weighted by molar-refractivity contribution is 0.0696. The summed E-state index contributed by atoms with van der Waals surface area (Å²) < 4.78 is 19.1. The van der Waals surface area contributed by atoms with Crippen molar-refractivity contribution in [3.05, 3.63) is 77.5 Å². The Morgan fingerprint density at radius 3 is 2.42 bits per heavy atom. The molecule has 2 aliphatic rings. The highest BCUT2D eigenvalue weighted by Crippen LogP contribution is 2.26. The predicted octanol–water partition coefficient (Wildman–Crippen LogP) is 2.33. The summed E-state index contributed by atoms with van der Waals surface area (Å²) in [6.45, 7) is 3.01. The van der Waals surface area contributed by atoms with Crippen LogP contribution in [-0.4, -0.2) is 57.8 Å². The van der Waals surface area contributed by atoms with Crippen LogP contribution in [0, 0.1) is 5.82 Å². The van der Waals surface area contributed by atoms with Crippen molar-refractivity contribution in [3.63, 3.8) is 0 Å². The Balaban J connectivity index is 1.21. The van der Waals surface area contributed by atoms with Gasteiger partial charge in [0.2, 0.25) is 0 Å². The average molecular weight is 421 g/mol. The molecule has 2 amide bonds. The van der Waals surface area contributed by atoms with Crippen molar-refractivity contribution >= 4 is 17.5 Å². The van der Waals surface area contributed by atoms with Gasteiger partial charge < -0.3 is 19.1 Å². The molecule has 0 aliphatic carbocycles. The molecule has 8 nitrogen and oxygen atoms in total. The fraction of sp³-hybridized carbons (Fsp3) is 0.273. The topological polar surface area (TPSA) is 82.8 Å². The molecule has 1 saturated heterocycles. The first kappa shape index (κ1) is 19.2. The maximum Gasteiger partial charge on any atom is 0.309 e.